The van der Waals surface area contributed by atoms with Crippen LogP contribution in [0.15, 0.2) is 24.3 Å². The Kier molecular flexibility index (Phi) is 3.89. The molecule has 1 aliphatic heterocycles. The van der Waals surface area contributed by atoms with E-state index in [1.807, 2.05) is 24.3 Å². The van der Waals surface area contributed by atoms with Crippen LogP contribution in [0, 0.1) is 0 Å². The summed E-state index contributed by atoms with van der Waals surface area (Å²) in [4.78, 5) is 26.3. The van der Waals surface area contributed by atoms with E-state index >= 15 is 0 Å². The molecule has 1 aromatic rings. The molecule has 1 saturated heterocycles. The summed E-state index contributed by atoms with van der Waals surface area (Å²) >= 11 is 5.90. The first-order valence-corrected chi connectivity index (χ1v) is 7.87. The van der Waals surface area contributed by atoms with E-state index in [0.29, 0.717) is 11.6 Å². The molecule has 3 rings (SSSR count). The van der Waals surface area contributed by atoms with Crippen molar-refractivity contribution in [3.8, 4) is 0 Å². The molecule has 1 N–H and O–H groups in total. The summed E-state index contributed by atoms with van der Waals surface area (Å²) in [5, 5.41) is 3.18. The lowest BCUT2D eigenvalue weighted by molar-refractivity contribution is -0.127. The van der Waals surface area contributed by atoms with Gasteiger partial charge in [0.05, 0.1) is 0 Å². The summed E-state index contributed by atoms with van der Waals surface area (Å²) in [5.41, 5.74) is 0.348. The highest BCUT2D eigenvalue weighted by Gasteiger charge is 2.52. The van der Waals surface area contributed by atoms with Crippen molar-refractivity contribution >= 4 is 23.5 Å². The number of nitrogens with zero attached hydrogens (tertiary/aromatic N) is 1. The zero-order valence-corrected chi connectivity index (χ0v) is 12.7. The number of benzene rings is 1. The van der Waals surface area contributed by atoms with Gasteiger partial charge < -0.3 is 4.90 Å². The topological polar surface area (TPSA) is 49.4 Å². The minimum absolute atomic E-state index is 0.122. The first kappa shape index (κ1) is 14.4. The van der Waals surface area contributed by atoms with E-state index in [1.54, 1.807) is 4.90 Å². The molecule has 1 spiro atoms. The first-order valence-electron chi connectivity index (χ1n) is 7.49. The Morgan fingerprint density at radius 2 is 1.67 bits per heavy atom. The Morgan fingerprint density at radius 1 is 1.05 bits per heavy atom. The van der Waals surface area contributed by atoms with Crippen LogP contribution in [0.1, 0.15) is 44.1 Å². The standard InChI is InChI=1S/C16H19ClN2O2/c17-13-7-5-12(6-8-13)11-19-15(21)18-14(20)16(19)9-3-1-2-4-10-16/h5-8H,1-4,9-11H2,(H,18,20,21). The Morgan fingerprint density at radius 3 is 2.29 bits per heavy atom. The second-order valence-corrected chi connectivity index (χ2v) is 6.35. The summed E-state index contributed by atoms with van der Waals surface area (Å²) in [5.74, 6) is -0.122. The van der Waals surface area contributed by atoms with Crippen molar-refractivity contribution < 1.29 is 9.59 Å². The van der Waals surface area contributed by atoms with Crippen LogP contribution in [0.25, 0.3) is 0 Å². The van der Waals surface area contributed by atoms with E-state index in [9.17, 15) is 9.59 Å². The molecule has 0 atom stereocenters. The van der Waals surface area contributed by atoms with Crippen molar-refractivity contribution in [2.24, 2.45) is 0 Å². The largest absolute Gasteiger partial charge is 0.325 e. The number of halogens is 1. The number of carbonyl (C=O) groups is 2. The van der Waals surface area contributed by atoms with Gasteiger partial charge in [-0.2, -0.15) is 0 Å². The number of rotatable bonds is 2. The van der Waals surface area contributed by atoms with Gasteiger partial charge in [0.2, 0.25) is 0 Å². The minimum atomic E-state index is -0.646. The zero-order valence-electron chi connectivity index (χ0n) is 11.9. The van der Waals surface area contributed by atoms with Gasteiger partial charge in [-0.3, -0.25) is 10.1 Å². The monoisotopic (exact) mass is 306 g/mol. The van der Waals surface area contributed by atoms with Gasteiger partial charge in [-0.05, 0) is 30.5 Å². The van der Waals surface area contributed by atoms with Crippen molar-refractivity contribution in [3.63, 3.8) is 0 Å². The van der Waals surface area contributed by atoms with Crippen molar-refractivity contribution in [1.29, 1.82) is 0 Å². The number of hydrogen-bond acceptors (Lipinski definition) is 2. The SMILES string of the molecule is O=C1NC(=O)C2(CCCCCC2)N1Cc1ccc(Cl)cc1. The number of urea groups is 1. The molecule has 0 radical (unpaired) electrons. The molecule has 21 heavy (non-hydrogen) atoms. The normalized spacial score (nSPS) is 21.5. The van der Waals surface area contributed by atoms with E-state index in [1.165, 1.54) is 0 Å². The molecule has 0 aromatic heterocycles. The van der Waals surface area contributed by atoms with Gasteiger partial charge in [-0.25, -0.2) is 4.79 Å². The van der Waals surface area contributed by atoms with Crippen LogP contribution >= 0.6 is 11.6 Å². The van der Waals surface area contributed by atoms with Gasteiger partial charge in [0.1, 0.15) is 5.54 Å². The molecule has 112 valence electrons. The second-order valence-electron chi connectivity index (χ2n) is 5.92. The summed E-state index contributed by atoms with van der Waals surface area (Å²) in [6, 6.07) is 7.17. The maximum absolute atomic E-state index is 12.4. The van der Waals surface area contributed by atoms with Crippen LogP contribution in [0.5, 0.6) is 0 Å². The van der Waals surface area contributed by atoms with Crippen LogP contribution in [-0.4, -0.2) is 22.4 Å². The predicted molar refractivity (Wildman–Crippen MR) is 81.0 cm³/mol. The molecule has 2 aliphatic rings. The second kappa shape index (κ2) is 5.68. The van der Waals surface area contributed by atoms with E-state index < -0.39 is 5.54 Å². The Hall–Kier alpha value is -1.55. The molecule has 1 aromatic carbocycles. The quantitative estimate of drug-likeness (QED) is 0.850. The van der Waals surface area contributed by atoms with Crippen LogP contribution in [0.4, 0.5) is 4.79 Å². The van der Waals surface area contributed by atoms with Crippen LogP contribution < -0.4 is 5.32 Å². The van der Waals surface area contributed by atoms with Gasteiger partial charge in [0, 0.05) is 11.6 Å². The number of amides is 3. The average molecular weight is 307 g/mol. The third-order valence-electron chi connectivity index (χ3n) is 4.59. The molecule has 0 bridgehead atoms. The van der Waals surface area contributed by atoms with E-state index in [2.05, 4.69) is 5.32 Å². The predicted octanol–water partition coefficient (Wildman–Crippen LogP) is 3.48. The molecule has 1 heterocycles. The highest BCUT2D eigenvalue weighted by molar-refractivity contribution is 6.30. The third kappa shape index (κ3) is 2.64. The summed E-state index contributed by atoms with van der Waals surface area (Å²) in [6.07, 6.45) is 5.79. The lowest BCUT2D eigenvalue weighted by Crippen LogP contribution is -2.48. The lowest BCUT2D eigenvalue weighted by Gasteiger charge is -2.34. The molecular formula is C16H19ClN2O2. The number of nitrogens with one attached hydrogen (secondary N) is 1. The van der Waals surface area contributed by atoms with E-state index in [-0.39, 0.29) is 11.9 Å². The molecule has 1 saturated carbocycles. The highest BCUT2D eigenvalue weighted by atomic mass is 35.5. The maximum atomic E-state index is 12.4. The average Bonchev–Trinajstić information content (AvgIpc) is 2.65. The third-order valence-corrected chi connectivity index (χ3v) is 4.84. The van der Waals surface area contributed by atoms with Gasteiger partial charge in [-0.15, -0.1) is 0 Å². The summed E-state index contributed by atoms with van der Waals surface area (Å²) < 4.78 is 0. The number of hydrogen-bond donors (Lipinski definition) is 1. The van der Waals surface area contributed by atoms with Crippen LogP contribution in [-0.2, 0) is 11.3 Å². The molecule has 3 amide bonds. The summed E-state index contributed by atoms with van der Waals surface area (Å²) in [7, 11) is 0. The fraction of sp³-hybridized carbons (Fsp3) is 0.500. The molecule has 0 unspecified atom stereocenters. The molecule has 1 aliphatic carbocycles. The van der Waals surface area contributed by atoms with Crippen molar-refractivity contribution in [3.05, 3.63) is 34.9 Å². The van der Waals surface area contributed by atoms with Crippen LogP contribution in [0.2, 0.25) is 5.02 Å². The van der Waals surface area contributed by atoms with Gasteiger partial charge in [0.25, 0.3) is 5.91 Å². The molecule has 4 nitrogen and oxygen atoms in total. The van der Waals surface area contributed by atoms with E-state index in [0.717, 1.165) is 44.1 Å². The van der Waals surface area contributed by atoms with E-state index in [4.69, 9.17) is 11.6 Å². The summed E-state index contributed by atoms with van der Waals surface area (Å²) in [6.45, 7) is 0.453. The van der Waals surface area contributed by atoms with Gasteiger partial charge >= 0.3 is 6.03 Å². The fourth-order valence-electron chi connectivity index (χ4n) is 3.40. The molecular weight excluding hydrogens is 288 g/mol. The fourth-order valence-corrected chi connectivity index (χ4v) is 3.53. The molecule has 5 heteroatoms. The minimum Gasteiger partial charge on any atom is -0.305 e. The number of carbonyl (C=O) groups excluding carboxylic acids is 2. The number of imide groups is 1. The Labute approximate surface area is 129 Å². The van der Waals surface area contributed by atoms with Gasteiger partial charge in [-0.1, -0.05) is 49.4 Å². The van der Waals surface area contributed by atoms with Crippen molar-refractivity contribution in [2.45, 2.75) is 50.6 Å². The zero-order chi connectivity index (χ0) is 14.9. The lowest BCUT2D eigenvalue weighted by atomic mass is 9.88. The van der Waals surface area contributed by atoms with Crippen molar-refractivity contribution in [2.75, 3.05) is 0 Å². The van der Waals surface area contributed by atoms with Crippen LogP contribution in [0.3, 0.4) is 0 Å². The Bertz CT molecular complexity index is 548. The van der Waals surface area contributed by atoms with Gasteiger partial charge in [0.15, 0.2) is 0 Å². The Balaban J connectivity index is 1.88. The first-order chi connectivity index (χ1) is 10.1. The smallest absolute Gasteiger partial charge is 0.305 e. The highest BCUT2D eigenvalue weighted by Crippen LogP contribution is 2.37. The van der Waals surface area contributed by atoms with Crippen molar-refractivity contribution in [1.82, 2.24) is 10.2 Å². The maximum Gasteiger partial charge on any atom is 0.325 e. The molecule has 2 fully saturated rings.